The summed E-state index contributed by atoms with van der Waals surface area (Å²) >= 11 is 0. The van der Waals surface area contributed by atoms with Crippen LogP contribution in [0.5, 0.6) is 11.5 Å². The fourth-order valence-electron chi connectivity index (χ4n) is 2.97. The molecule has 8 nitrogen and oxygen atoms in total. The van der Waals surface area contributed by atoms with Crippen molar-refractivity contribution in [2.45, 2.75) is 25.3 Å². The summed E-state index contributed by atoms with van der Waals surface area (Å²) in [7, 11) is -3.02. The van der Waals surface area contributed by atoms with Gasteiger partial charge in [-0.05, 0) is 24.1 Å². The van der Waals surface area contributed by atoms with E-state index in [-0.39, 0.29) is 48.7 Å². The van der Waals surface area contributed by atoms with Crippen molar-refractivity contribution in [2.75, 3.05) is 31.3 Å². The van der Waals surface area contributed by atoms with Crippen LogP contribution in [-0.2, 0) is 25.8 Å². The monoisotopic (exact) mass is 382 g/mol. The van der Waals surface area contributed by atoms with E-state index in [1.54, 1.807) is 18.2 Å². The Kier molecular flexibility index (Phi) is 5.65. The fourth-order valence-corrected chi connectivity index (χ4v) is 4.64. The van der Waals surface area contributed by atoms with Gasteiger partial charge in [-0.25, -0.2) is 8.42 Å². The molecule has 3 rings (SSSR count). The molecule has 1 aromatic carbocycles. The van der Waals surface area contributed by atoms with E-state index >= 15 is 0 Å². The second-order valence-electron chi connectivity index (χ2n) is 6.42. The van der Waals surface area contributed by atoms with E-state index < -0.39 is 9.84 Å². The van der Waals surface area contributed by atoms with Crippen LogP contribution in [0, 0.1) is 0 Å². The summed E-state index contributed by atoms with van der Waals surface area (Å²) in [6, 6.07) is 5.04. The number of nitrogens with one attached hydrogen (secondary N) is 2. The lowest BCUT2D eigenvalue weighted by Gasteiger charge is -2.18. The average molecular weight is 382 g/mol. The number of carbonyl (C=O) groups is 2. The van der Waals surface area contributed by atoms with Gasteiger partial charge in [0.1, 0.15) is 13.2 Å². The van der Waals surface area contributed by atoms with Crippen molar-refractivity contribution in [1.29, 1.82) is 0 Å². The first-order valence-electron chi connectivity index (χ1n) is 8.56. The normalized spacial score (nSPS) is 20.4. The molecule has 9 heteroatoms. The van der Waals surface area contributed by atoms with Crippen LogP contribution < -0.4 is 20.1 Å². The highest BCUT2D eigenvalue weighted by Crippen LogP contribution is 2.30. The number of benzene rings is 1. The number of amides is 2. The lowest BCUT2D eigenvalue weighted by atomic mass is 10.1. The molecule has 0 aromatic heterocycles. The minimum absolute atomic E-state index is 0.00475. The van der Waals surface area contributed by atoms with Crippen LogP contribution in [0.25, 0.3) is 0 Å². The van der Waals surface area contributed by atoms with Crippen LogP contribution in [0.3, 0.4) is 0 Å². The van der Waals surface area contributed by atoms with Gasteiger partial charge in [-0.2, -0.15) is 0 Å². The summed E-state index contributed by atoms with van der Waals surface area (Å²) < 4.78 is 33.6. The molecule has 2 N–H and O–H groups in total. The fraction of sp³-hybridized carbons (Fsp3) is 0.529. The lowest BCUT2D eigenvalue weighted by molar-refractivity contribution is -0.122. The van der Waals surface area contributed by atoms with E-state index in [0.29, 0.717) is 31.1 Å². The predicted octanol–water partition coefficient (Wildman–Crippen LogP) is -0.190. The quantitative estimate of drug-likeness (QED) is 0.706. The number of fused-ring (bicyclic) bond motifs is 1. The minimum Gasteiger partial charge on any atom is -0.486 e. The van der Waals surface area contributed by atoms with Crippen molar-refractivity contribution in [3.05, 3.63) is 23.8 Å². The van der Waals surface area contributed by atoms with Crippen LogP contribution in [0.15, 0.2) is 18.2 Å². The van der Waals surface area contributed by atoms with E-state index in [2.05, 4.69) is 10.6 Å². The molecule has 0 unspecified atom stereocenters. The molecular formula is C17H22N2O6S. The molecule has 1 saturated heterocycles. The number of rotatable bonds is 6. The zero-order valence-electron chi connectivity index (χ0n) is 14.3. The van der Waals surface area contributed by atoms with Gasteiger partial charge in [0.2, 0.25) is 11.8 Å². The maximum absolute atomic E-state index is 12.0. The Balaban J connectivity index is 1.38. The molecule has 2 aliphatic rings. The van der Waals surface area contributed by atoms with Crippen molar-refractivity contribution in [3.8, 4) is 11.5 Å². The van der Waals surface area contributed by atoms with E-state index in [4.69, 9.17) is 9.47 Å². The highest BCUT2D eigenvalue weighted by atomic mass is 32.2. The Bertz CT molecular complexity index is 792. The van der Waals surface area contributed by atoms with Crippen LogP contribution in [0.1, 0.15) is 18.4 Å². The van der Waals surface area contributed by atoms with Gasteiger partial charge in [0.25, 0.3) is 0 Å². The third-order valence-electron chi connectivity index (χ3n) is 4.24. The smallest absolute Gasteiger partial charge is 0.224 e. The molecule has 1 aromatic rings. The second kappa shape index (κ2) is 7.94. The Hall–Kier alpha value is -2.29. The molecule has 142 valence electrons. The van der Waals surface area contributed by atoms with Gasteiger partial charge in [-0.1, -0.05) is 6.07 Å². The van der Waals surface area contributed by atoms with Crippen molar-refractivity contribution in [2.24, 2.45) is 0 Å². The zero-order chi connectivity index (χ0) is 18.6. The van der Waals surface area contributed by atoms with Gasteiger partial charge in [-0.15, -0.1) is 0 Å². The molecule has 0 saturated carbocycles. The lowest BCUT2D eigenvalue weighted by Crippen LogP contribution is -2.38. The van der Waals surface area contributed by atoms with Gasteiger partial charge in [-0.3, -0.25) is 9.59 Å². The number of carbonyl (C=O) groups excluding carboxylic acids is 2. The van der Waals surface area contributed by atoms with E-state index in [1.807, 2.05) is 0 Å². The minimum atomic E-state index is -3.02. The van der Waals surface area contributed by atoms with Crippen molar-refractivity contribution in [3.63, 3.8) is 0 Å². The summed E-state index contributed by atoms with van der Waals surface area (Å²) in [4.78, 5) is 23.8. The zero-order valence-corrected chi connectivity index (χ0v) is 15.1. The van der Waals surface area contributed by atoms with Crippen LogP contribution in [-0.4, -0.2) is 57.5 Å². The maximum atomic E-state index is 12.0. The number of sulfone groups is 1. The SMILES string of the molecule is O=C(Cc1ccc2c(c1)OCCO2)NCCC(=O)N[C@@H]1CCS(=O)(=O)C1. The molecule has 1 fully saturated rings. The van der Waals surface area contributed by atoms with Gasteiger partial charge >= 0.3 is 0 Å². The molecule has 0 radical (unpaired) electrons. The number of hydrogen-bond acceptors (Lipinski definition) is 6. The molecule has 0 aliphatic carbocycles. The van der Waals surface area contributed by atoms with E-state index in [0.717, 1.165) is 5.56 Å². The standard InChI is InChI=1S/C17H22N2O6S/c20-16(19-13-4-8-26(22,23)11-13)3-5-18-17(21)10-12-1-2-14-15(9-12)25-7-6-24-14/h1-2,9,13H,3-8,10-11H2,(H,18,21)(H,19,20)/t13-/m1/s1. The summed E-state index contributed by atoms with van der Waals surface area (Å²) in [6.45, 7) is 1.20. The van der Waals surface area contributed by atoms with Crippen LogP contribution in [0.4, 0.5) is 0 Å². The highest BCUT2D eigenvalue weighted by Gasteiger charge is 2.28. The molecule has 2 amide bonds. The van der Waals surface area contributed by atoms with Gasteiger partial charge in [0, 0.05) is 19.0 Å². The van der Waals surface area contributed by atoms with Crippen molar-refractivity contribution < 1.29 is 27.5 Å². The van der Waals surface area contributed by atoms with Crippen LogP contribution in [0.2, 0.25) is 0 Å². The van der Waals surface area contributed by atoms with E-state index in [9.17, 15) is 18.0 Å². The molecule has 0 spiro atoms. The topological polar surface area (TPSA) is 111 Å². The Labute approximate surface area is 152 Å². The predicted molar refractivity (Wildman–Crippen MR) is 94.0 cm³/mol. The van der Waals surface area contributed by atoms with Gasteiger partial charge in [0.15, 0.2) is 21.3 Å². The van der Waals surface area contributed by atoms with Gasteiger partial charge in [0.05, 0.1) is 17.9 Å². The number of ether oxygens (including phenoxy) is 2. The second-order valence-corrected chi connectivity index (χ2v) is 8.65. The first-order chi connectivity index (χ1) is 12.4. The summed E-state index contributed by atoms with van der Waals surface area (Å²) in [5.74, 6) is 0.961. The number of hydrogen-bond donors (Lipinski definition) is 2. The van der Waals surface area contributed by atoms with E-state index in [1.165, 1.54) is 0 Å². The van der Waals surface area contributed by atoms with Crippen LogP contribution >= 0.6 is 0 Å². The van der Waals surface area contributed by atoms with Gasteiger partial charge < -0.3 is 20.1 Å². The van der Waals surface area contributed by atoms with Crippen molar-refractivity contribution in [1.82, 2.24) is 10.6 Å². The maximum Gasteiger partial charge on any atom is 0.224 e. The molecule has 26 heavy (non-hydrogen) atoms. The molecule has 2 heterocycles. The Morgan fingerprint density at radius 3 is 2.62 bits per heavy atom. The average Bonchev–Trinajstić information content (AvgIpc) is 2.93. The Morgan fingerprint density at radius 2 is 1.88 bits per heavy atom. The van der Waals surface area contributed by atoms with Crippen molar-refractivity contribution >= 4 is 21.7 Å². The molecule has 1 atom stereocenters. The third-order valence-corrected chi connectivity index (χ3v) is 6.01. The summed E-state index contributed by atoms with van der Waals surface area (Å²) in [5, 5.41) is 5.39. The molecule has 2 aliphatic heterocycles. The highest BCUT2D eigenvalue weighted by molar-refractivity contribution is 7.91. The Morgan fingerprint density at radius 1 is 1.12 bits per heavy atom. The summed E-state index contributed by atoms with van der Waals surface area (Å²) in [6.07, 6.45) is 0.743. The largest absolute Gasteiger partial charge is 0.486 e. The summed E-state index contributed by atoms with van der Waals surface area (Å²) in [5.41, 5.74) is 0.798. The first kappa shape index (κ1) is 18.5. The third kappa shape index (κ3) is 5.10. The molecular weight excluding hydrogens is 360 g/mol. The first-order valence-corrected chi connectivity index (χ1v) is 10.4. The molecule has 0 bridgehead atoms.